The minimum atomic E-state index is -2.61. The van der Waals surface area contributed by atoms with Gasteiger partial charge in [-0.1, -0.05) is 30.3 Å². The highest BCUT2D eigenvalue weighted by molar-refractivity contribution is 7.71. The molecule has 5 rings (SSSR count). The van der Waals surface area contributed by atoms with Crippen molar-refractivity contribution in [2.75, 3.05) is 5.32 Å². The maximum atomic E-state index is 14.0. The van der Waals surface area contributed by atoms with E-state index in [1.807, 2.05) is 12.1 Å². The summed E-state index contributed by atoms with van der Waals surface area (Å²) in [5.41, 5.74) is 4.35. The molecule has 0 fully saturated rings. The molecule has 2 N–H and O–H groups in total. The van der Waals surface area contributed by atoms with Crippen LogP contribution in [0.4, 0.5) is 10.2 Å². The van der Waals surface area contributed by atoms with Crippen LogP contribution in [0, 0.1) is 5.82 Å². The molecule has 0 atom stereocenters. The highest BCUT2D eigenvalue weighted by Gasteiger charge is 2.14. The van der Waals surface area contributed by atoms with Gasteiger partial charge in [0.15, 0.2) is 11.5 Å². The third kappa shape index (κ3) is 3.87. The summed E-state index contributed by atoms with van der Waals surface area (Å²) in [6, 6.07) is 13.5. The van der Waals surface area contributed by atoms with E-state index in [9.17, 15) is 12.8 Å². The lowest BCUT2D eigenvalue weighted by atomic mass is 10.0. The van der Waals surface area contributed by atoms with Crippen molar-refractivity contribution in [2.45, 2.75) is 12.3 Å². The molecule has 0 unspecified atom stereocenters. The van der Waals surface area contributed by atoms with Crippen molar-refractivity contribution in [3.63, 3.8) is 0 Å². The van der Waals surface area contributed by atoms with Gasteiger partial charge in [0, 0.05) is 17.5 Å². The zero-order valence-corrected chi connectivity index (χ0v) is 17.5. The molecule has 10 heteroatoms. The maximum Gasteiger partial charge on any atom is 0.162 e. The summed E-state index contributed by atoms with van der Waals surface area (Å²) in [5, 5.41) is 4.06. The summed E-state index contributed by atoms with van der Waals surface area (Å²) in [7, 11) is -2.61. The van der Waals surface area contributed by atoms with Crippen LogP contribution in [0.5, 0.6) is 0 Å². The van der Waals surface area contributed by atoms with Crippen molar-refractivity contribution in [2.24, 2.45) is 0 Å². The monoisotopic (exact) mass is 448 g/mol. The number of halogens is 1. The van der Waals surface area contributed by atoms with Gasteiger partial charge in [0.25, 0.3) is 0 Å². The van der Waals surface area contributed by atoms with Gasteiger partial charge in [-0.05, 0) is 29.3 Å². The van der Waals surface area contributed by atoms with Crippen molar-refractivity contribution in [3.8, 4) is 11.3 Å². The van der Waals surface area contributed by atoms with Crippen LogP contribution < -0.4 is 5.32 Å². The summed E-state index contributed by atoms with van der Waals surface area (Å²) in [5.74, 6) is 0.0599. The molecule has 0 aliphatic carbocycles. The Balaban J connectivity index is 1.63. The van der Waals surface area contributed by atoms with Gasteiger partial charge in [-0.15, -0.1) is 0 Å². The number of hydrogen-bond donors (Lipinski definition) is 3. The third-order valence-electron chi connectivity index (χ3n) is 5.07. The molecule has 0 aliphatic rings. The topological polar surface area (TPSA) is 114 Å². The SMILES string of the molecule is O=[SH](=O)Cc1cccc2cc(CNc3ncnc4[nH]cnc34)c(-c3cccc(F)c3)nc12. The van der Waals surface area contributed by atoms with Crippen molar-refractivity contribution in [1.29, 1.82) is 0 Å². The van der Waals surface area contributed by atoms with Crippen LogP contribution in [0.1, 0.15) is 11.1 Å². The number of imidazole rings is 1. The first-order valence-electron chi connectivity index (χ1n) is 9.76. The average Bonchev–Trinajstić information content (AvgIpc) is 3.26. The Hall–Kier alpha value is -3.92. The minimum Gasteiger partial charge on any atom is -0.364 e. The van der Waals surface area contributed by atoms with Gasteiger partial charge < -0.3 is 10.3 Å². The van der Waals surface area contributed by atoms with Gasteiger partial charge in [-0.25, -0.2) is 32.7 Å². The molecule has 0 radical (unpaired) electrons. The smallest absolute Gasteiger partial charge is 0.162 e. The summed E-state index contributed by atoms with van der Waals surface area (Å²) in [6.45, 7) is 0.341. The largest absolute Gasteiger partial charge is 0.364 e. The number of rotatable bonds is 6. The van der Waals surface area contributed by atoms with Gasteiger partial charge in [0.1, 0.15) is 28.4 Å². The van der Waals surface area contributed by atoms with Crippen molar-refractivity contribution in [3.05, 3.63) is 78.1 Å². The van der Waals surface area contributed by atoms with E-state index in [2.05, 4.69) is 25.3 Å². The molecule has 0 bridgehead atoms. The Morgan fingerprint density at radius 2 is 1.84 bits per heavy atom. The van der Waals surface area contributed by atoms with Crippen molar-refractivity contribution in [1.82, 2.24) is 24.9 Å². The zero-order valence-electron chi connectivity index (χ0n) is 16.6. The Bertz CT molecular complexity index is 1520. The number of fused-ring (bicyclic) bond motifs is 2. The number of para-hydroxylation sites is 1. The Kier molecular flexibility index (Phi) is 5.20. The normalized spacial score (nSPS) is 11.4. The predicted octanol–water partition coefficient (Wildman–Crippen LogP) is 3.43. The van der Waals surface area contributed by atoms with E-state index in [-0.39, 0.29) is 11.6 Å². The average molecular weight is 448 g/mol. The van der Waals surface area contributed by atoms with Crippen molar-refractivity contribution < 1.29 is 12.8 Å². The second-order valence-corrected chi connectivity index (χ2v) is 8.14. The molecule has 160 valence electrons. The number of hydrogen-bond acceptors (Lipinski definition) is 7. The standard InChI is InChI=1S/C22H17FN6O2S/c23-17-6-2-4-14(8-17)19-16(9-24-21-20-22(26-11-25-20)28-12-27-21)7-13-3-1-5-15(10-32(30)31)18(13)29-19/h1-8,11-12,32H,9-10H2,(H2,24,25,26,27,28). The molecular formula is C22H17FN6O2S. The Morgan fingerprint density at radius 3 is 2.69 bits per heavy atom. The van der Waals surface area contributed by atoms with Gasteiger partial charge in [-0.3, -0.25) is 0 Å². The molecule has 32 heavy (non-hydrogen) atoms. The number of anilines is 1. The second-order valence-electron chi connectivity index (χ2n) is 7.16. The van der Waals surface area contributed by atoms with Crippen LogP contribution in [0.15, 0.2) is 61.2 Å². The first-order valence-corrected chi connectivity index (χ1v) is 11.1. The first kappa shape index (κ1) is 20.0. The predicted molar refractivity (Wildman–Crippen MR) is 120 cm³/mol. The fraction of sp³-hybridized carbons (Fsp3) is 0.0909. The van der Waals surface area contributed by atoms with Crippen LogP contribution >= 0.6 is 0 Å². The summed E-state index contributed by atoms with van der Waals surface area (Å²) < 4.78 is 36.7. The van der Waals surface area contributed by atoms with E-state index in [0.717, 1.165) is 10.9 Å². The minimum absolute atomic E-state index is 0.113. The molecule has 3 aromatic heterocycles. The van der Waals surface area contributed by atoms with Gasteiger partial charge in [0.05, 0.1) is 23.3 Å². The van der Waals surface area contributed by atoms with E-state index < -0.39 is 10.7 Å². The number of aromatic amines is 1. The van der Waals surface area contributed by atoms with E-state index in [4.69, 9.17) is 4.98 Å². The molecule has 0 saturated heterocycles. The summed E-state index contributed by atoms with van der Waals surface area (Å²) in [4.78, 5) is 20.4. The van der Waals surface area contributed by atoms with E-state index in [1.54, 1.807) is 30.6 Å². The molecular weight excluding hydrogens is 431 g/mol. The quantitative estimate of drug-likeness (QED) is 0.341. The highest BCUT2D eigenvalue weighted by Crippen LogP contribution is 2.29. The number of pyridine rings is 1. The fourth-order valence-electron chi connectivity index (χ4n) is 3.66. The number of nitrogens with zero attached hydrogens (tertiary/aromatic N) is 4. The number of H-pyrrole nitrogens is 1. The van der Waals surface area contributed by atoms with E-state index in [1.165, 1.54) is 18.5 Å². The lowest BCUT2D eigenvalue weighted by Crippen LogP contribution is -2.06. The molecule has 8 nitrogen and oxygen atoms in total. The highest BCUT2D eigenvalue weighted by atomic mass is 32.2. The van der Waals surface area contributed by atoms with Crippen LogP contribution in [-0.4, -0.2) is 33.3 Å². The molecule has 2 aromatic carbocycles. The number of nitrogens with one attached hydrogen (secondary N) is 2. The molecule has 0 aliphatic heterocycles. The third-order valence-corrected chi connectivity index (χ3v) is 5.67. The number of thiol groups is 1. The summed E-state index contributed by atoms with van der Waals surface area (Å²) >= 11 is 0. The zero-order chi connectivity index (χ0) is 22.1. The van der Waals surface area contributed by atoms with E-state index >= 15 is 0 Å². The molecule has 0 amide bonds. The van der Waals surface area contributed by atoms with Crippen LogP contribution in [0.25, 0.3) is 33.3 Å². The molecule has 0 saturated carbocycles. The van der Waals surface area contributed by atoms with Gasteiger partial charge >= 0.3 is 0 Å². The second kappa shape index (κ2) is 8.31. The lowest BCUT2D eigenvalue weighted by molar-refractivity contribution is 0.614. The van der Waals surface area contributed by atoms with Crippen LogP contribution in [-0.2, 0) is 23.0 Å². The van der Waals surface area contributed by atoms with E-state index in [0.29, 0.717) is 45.9 Å². The Labute approximate surface area is 183 Å². The van der Waals surface area contributed by atoms with Crippen LogP contribution in [0.2, 0.25) is 0 Å². The van der Waals surface area contributed by atoms with Gasteiger partial charge in [-0.2, -0.15) is 0 Å². The number of benzene rings is 2. The van der Waals surface area contributed by atoms with Crippen molar-refractivity contribution >= 4 is 38.6 Å². The summed E-state index contributed by atoms with van der Waals surface area (Å²) in [6.07, 6.45) is 2.98. The molecule has 5 aromatic rings. The van der Waals surface area contributed by atoms with Crippen LogP contribution in [0.3, 0.4) is 0 Å². The maximum absolute atomic E-state index is 14.0. The van der Waals surface area contributed by atoms with Gasteiger partial charge in [0.2, 0.25) is 0 Å². The number of aromatic nitrogens is 5. The molecule has 0 spiro atoms. The fourth-order valence-corrected chi connectivity index (χ4v) is 4.20. The first-order chi connectivity index (χ1) is 15.6. The molecule has 3 heterocycles. The Morgan fingerprint density at radius 1 is 0.969 bits per heavy atom. The lowest BCUT2D eigenvalue weighted by Gasteiger charge is -2.14.